The molecule has 1 aliphatic rings. The Bertz CT molecular complexity index is 299. The zero-order chi connectivity index (χ0) is 9.84. The quantitative estimate of drug-likeness (QED) is 0.623. The van der Waals surface area contributed by atoms with Gasteiger partial charge in [-0.1, -0.05) is 0 Å². The Morgan fingerprint density at radius 3 is 2.54 bits per heavy atom. The maximum Gasteiger partial charge on any atom is 0.221 e. The van der Waals surface area contributed by atoms with E-state index in [-0.39, 0.29) is 22.9 Å². The van der Waals surface area contributed by atoms with E-state index < -0.39 is 6.61 Å². The molecule has 0 fully saturated rings. The highest BCUT2D eigenvalue weighted by Crippen LogP contribution is 2.12. The van der Waals surface area contributed by atoms with E-state index in [9.17, 15) is 9.59 Å². The Kier molecular flexibility index (Phi) is 2.97. The van der Waals surface area contributed by atoms with Crippen molar-refractivity contribution in [3.63, 3.8) is 0 Å². The molecule has 0 bridgehead atoms. The number of hydrogen-bond donors (Lipinski definition) is 1. The molecule has 0 saturated carbocycles. The largest absolute Gasteiger partial charge is 0.490 e. The van der Waals surface area contributed by atoms with E-state index in [1.807, 2.05) is 0 Å². The number of aliphatic hydroxyl groups is 1. The van der Waals surface area contributed by atoms with Gasteiger partial charge in [0.05, 0.1) is 13.2 Å². The Hall–Kier alpha value is -1.42. The fourth-order valence-corrected chi connectivity index (χ4v) is 0.975. The van der Waals surface area contributed by atoms with Crippen LogP contribution in [0.5, 0.6) is 0 Å². The third-order valence-electron chi connectivity index (χ3n) is 1.60. The lowest BCUT2D eigenvalue weighted by Crippen LogP contribution is -2.16. The highest BCUT2D eigenvalue weighted by atomic mass is 16.5. The summed E-state index contributed by atoms with van der Waals surface area (Å²) in [5.41, 5.74) is 0.105. The fourth-order valence-electron chi connectivity index (χ4n) is 0.975. The highest BCUT2D eigenvalue weighted by Gasteiger charge is 2.20. The van der Waals surface area contributed by atoms with Crippen LogP contribution in [0.15, 0.2) is 23.5 Å². The van der Waals surface area contributed by atoms with Crippen molar-refractivity contribution in [3.8, 4) is 0 Å². The summed E-state index contributed by atoms with van der Waals surface area (Å²) in [6.45, 7) is 1.65. The third-order valence-corrected chi connectivity index (χ3v) is 1.60. The van der Waals surface area contributed by atoms with Gasteiger partial charge in [0, 0.05) is 11.6 Å². The molecule has 4 heteroatoms. The van der Waals surface area contributed by atoms with Crippen molar-refractivity contribution in [1.29, 1.82) is 0 Å². The van der Waals surface area contributed by atoms with Gasteiger partial charge in [-0.15, -0.1) is 0 Å². The average molecular weight is 182 g/mol. The lowest BCUT2D eigenvalue weighted by atomic mass is 10.0. The average Bonchev–Trinajstić information content (AvgIpc) is 2.11. The van der Waals surface area contributed by atoms with E-state index in [1.165, 1.54) is 0 Å². The maximum atomic E-state index is 11.2. The van der Waals surface area contributed by atoms with Gasteiger partial charge in [-0.05, 0) is 13.0 Å². The molecule has 13 heavy (non-hydrogen) atoms. The summed E-state index contributed by atoms with van der Waals surface area (Å²) < 4.78 is 4.92. The summed E-state index contributed by atoms with van der Waals surface area (Å²) in [5, 5.41) is 8.68. The Morgan fingerprint density at radius 2 is 2.00 bits per heavy atom. The fraction of sp³-hybridized carbons (Fsp3) is 0.333. The van der Waals surface area contributed by atoms with Crippen LogP contribution in [0, 0.1) is 0 Å². The van der Waals surface area contributed by atoms with E-state index in [0.29, 0.717) is 6.61 Å². The molecular formula is C9H10O4. The first kappa shape index (κ1) is 9.67. The van der Waals surface area contributed by atoms with Crippen LogP contribution in [-0.4, -0.2) is 29.9 Å². The number of hydrogen-bond acceptors (Lipinski definition) is 4. The van der Waals surface area contributed by atoms with Crippen LogP contribution < -0.4 is 0 Å². The molecular weight excluding hydrogens is 172 g/mol. The van der Waals surface area contributed by atoms with Crippen molar-refractivity contribution >= 4 is 11.6 Å². The lowest BCUT2D eigenvalue weighted by molar-refractivity contribution is -0.117. The van der Waals surface area contributed by atoms with Crippen molar-refractivity contribution in [3.05, 3.63) is 23.5 Å². The minimum Gasteiger partial charge on any atom is -0.490 e. The molecule has 0 amide bonds. The molecule has 70 valence electrons. The zero-order valence-electron chi connectivity index (χ0n) is 7.24. The number of ether oxygens (including phenoxy) is 1. The zero-order valence-corrected chi connectivity index (χ0v) is 7.24. The van der Waals surface area contributed by atoms with E-state index in [0.717, 1.165) is 12.2 Å². The molecule has 1 N–H and O–H groups in total. The summed E-state index contributed by atoms with van der Waals surface area (Å²) in [6.07, 6.45) is 2.21. The minimum atomic E-state index is -0.416. The molecule has 0 heterocycles. The SMILES string of the molecule is CCOC1=CC(=O)C(CO)=CC1=O. The van der Waals surface area contributed by atoms with Gasteiger partial charge in [-0.2, -0.15) is 0 Å². The van der Waals surface area contributed by atoms with Gasteiger partial charge in [0.1, 0.15) is 0 Å². The lowest BCUT2D eigenvalue weighted by Gasteiger charge is -2.10. The van der Waals surface area contributed by atoms with Crippen LogP contribution in [0.25, 0.3) is 0 Å². The standard InChI is InChI=1S/C9H10O4/c1-2-13-9-4-7(11)6(5-10)3-8(9)12/h3-4,10H,2,5H2,1H3. The molecule has 1 aliphatic carbocycles. The number of rotatable bonds is 3. The van der Waals surface area contributed by atoms with Crippen LogP contribution >= 0.6 is 0 Å². The monoisotopic (exact) mass is 182 g/mol. The van der Waals surface area contributed by atoms with Crippen molar-refractivity contribution in [2.75, 3.05) is 13.2 Å². The van der Waals surface area contributed by atoms with Gasteiger partial charge in [0.15, 0.2) is 11.5 Å². The second-order valence-electron chi connectivity index (χ2n) is 2.50. The van der Waals surface area contributed by atoms with Gasteiger partial charge in [-0.3, -0.25) is 9.59 Å². The van der Waals surface area contributed by atoms with E-state index >= 15 is 0 Å². The van der Waals surface area contributed by atoms with E-state index in [4.69, 9.17) is 9.84 Å². The molecule has 0 aromatic heterocycles. The van der Waals surface area contributed by atoms with Crippen molar-refractivity contribution in [1.82, 2.24) is 0 Å². The van der Waals surface area contributed by atoms with Crippen LogP contribution in [-0.2, 0) is 14.3 Å². The summed E-state index contributed by atoms with van der Waals surface area (Å²) in [5.74, 6) is -0.694. The summed E-state index contributed by atoms with van der Waals surface area (Å²) in [4.78, 5) is 22.3. The van der Waals surface area contributed by atoms with Gasteiger partial charge in [0.2, 0.25) is 5.78 Å². The van der Waals surface area contributed by atoms with Crippen LogP contribution in [0.3, 0.4) is 0 Å². The van der Waals surface area contributed by atoms with Gasteiger partial charge in [-0.25, -0.2) is 0 Å². The highest BCUT2D eigenvalue weighted by molar-refractivity contribution is 6.19. The molecule has 0 radical (unpaired) electrons. The topological polar surface area (TPSA) is 63.6 Å². The maximum absolute atomic E-state index is 11.2. The van der Waals surface area contributed by atoms with E-state index in [2.05, 4.69) is 0 Å². The molecule has 0 atom stereocenters. The first-order valence-corrected chi connectivity index (χ1v) is 3.93. The molecule has 1 rings (SSSR count). The predicted octanol–water partition coefficient (Wildman–Crippen LogP) is -0.0227. The Labute approximate surface area is 75.5 Å². The molecule has 0 aromatic carbocycles. The molecule has 0 aliphatic heterocycles. The number of allylic oxidation sites excluding steroid dienone is 2. The van der Waals surface area contributed by atoms with Crippen molar-refractivity contribution in [2.24, 2.45) is 0 Å². The summed E-state index contributed by atoms with van der Waals surface area (Å²) in [7, 11) is 0. The number of ketones is 2. The van der Waals surface area contributed by atoms with Gasteiger partial charge < -0.3 is 9.84 Å². The first-order valence-electron chi connectivity index (χ1n) is 3.93. The van der Waals surface area contributed by atoms with Crippen molar-refractivity contribution in [2.45, 2.75) is 6.92 Å². The van der Waals surface area contributed by atoms with Crippen molar-refractivity contribution < 1.29 is 19.4 Å². The number of carbonyl (C=O) groups excluding carboxylic acids is 2. The Morgan fingerprint density at radius 1 is 1.31 bits per heavy atom. The smallest absolute Gasteiger partial charge is 0.221 e. The molecule has 0 unspecified atom stereocenters. The predicted molar refractivity (Wildman–Crippen MR) is 44.9 cm³/mol. The number of carbonyl (C=O) groups is 2. The second kappa shape index (κ2) is 4.00. The molecule has 0 saturated heterocycles. The van der Waals surface area contributed by atoms with Crippen LogP contribution in [0.1, 0.15) is 6.92 Å². The van der Waals surface area contributed by atoms with E-state index in [1.54, 1.807) is 6.92 Å². The first-order chi connectivity index (χ1) is 6.19. The molecule has 0 aromatic rings. The second-order valence-corrected chi connectivity index (χ2v) is 2.50. The Balaban J connectivity index is 2.85. The molecule has 4 nitrogen and oxygen atoms in total. The van der Waals surface area contributed by atoms with Crippen LogP contribution in [0.4, 0.5) is 0 Å². The number of aliphatic hydroxyl groups excluding tert-OH is 1. The minimum absolute atomic E-state index is 0.0460. The third kappa shape index (κ3) is 2.03. The normalized spacial score (nSPS) is 16.8. The molecule has 0 spiro atoms. The van der Waals surface area contributed by atoms with Gasteiger partial charge >= 0.3 is 0 Å². The summed E-state index contributed by atoms with van der Waals surface area (Å²) >= 11 is 0. The summed E-state index contributed by atoms with van der Waals surface area (Å²) in [6, 6.07) is 0. The van der Waals surface area contributed by atoms with Gasteiger partial charge in [0.25, 0.3) is 0 Å². The van der Waals surface area contributed by atoms with Crippen LogP contribution in [0.2, 0.25) is 0 Å².